The van der Waals surface area contributed by atoms with Gasteiger partial charge in [-0.15, -0.1) is 0 Å². The summed E-state index contributed by atoms with van der Waals surface area (Å²) in [5.41, 5.74) is 2.07. The van der Waals surface area contributed by atoms with Crippen molar-refractivity contribution >= 4 is 5.69 Å². The van der Waals surface area contributed by atoms with Crippen LogP contribution in [0.2, 0.25) is 0 Å². The van der Waals surface area contributed by atoms with E-state index in [0.717, 1.165) is 30.4 Å². The average Bonchev–Trinajstić information content (AvgIpc) is 2.60. The van der Waals surface area contributed by atoms with Gasteiger partial charge in [-0.05, 0) is 32.3 Å². The van der Waals surface area contributed by atoms with E-state index in [2.05, 4.69) is 13.5 Å². The van der Waals surface area contributed by atoms with Gasteiger partial charge in [-0.25, -0.2) is 0 Å². The molecular weight excluding hydrogens is 254 g/mol. The molecule has 1 fully saturated rings. The number of nitrogens with zero attached hydrogens (tertiary/aromatic N) is 1. The normalized spacial score (nSPS) is 26.8. The number of rotatable bonds is 3. The highest BCUT2D eigenvalue weighted by molar-refractivity contribution is 5.36. The quantitative estimate of drug-likeness (QED) is 0.466. The van der Waals surface area contributed by atoms with Crippen LogP contribution in [-0.4, -0.2) is 11.0 Å². The van der Waals surface area contributed by atoms with Crippen LogP contribution in [0.15, 0.2) is 36.4 Å². The predicted molar refractivity (Wildman–Crippen MR) is 78.5 cm³/mol. The van der Waals surface area contributed by atoms with Crippen LogP contribution >= 0.6 is 0 Å². The standard InChI is InChI=1S/C16H21NO3/c1-11(2)15-9-4-6-12(3)20-16(15)13-7-5-8-14(10-13)17(18)19/h5,7-8,10,12,15-16H,1,4,6,9H2,2-3H3/t12-,15-,16+/m0/s1. The number of nitro benzene ring substituents is 1. The lowest BCUT2D eigenvalue weighted by atomic mass is 9.87. The second kappa shape index (κ2) is 6.18. The van der Waals surface area contributed by atoms with Crippen molar-refractivity contribution in [2.45, 2.75) is 45.3 Å². The highest BCUT2D eigenvalue weighted by Gasteiger charge is 2.30. The van der Waals surface area contributed by atoms with Crippen LogP contribution in [0.3, 0.4) is 0 Å². The van der Waals surface area contributed by atoms with E-state index in [4.69, 9.17) is 4.74 Å². The summed E-state index contributed by atoms with van der Waals surface area (Å²) in [6.45, 7) is 8.13. The largest absolute Gasteiger partial charge is 0.370 e. The maximum atomic E-state index is 10.9. The maximum Gasteiger partial charge on any atom is 0.269 e. The molecule has 0 spiro atoms. The van der Waals surface area contributed by atoms with Gasteiger partial charge in [0, 0.05) is 18.1 Å². The molecule has 0 saturated carbocycles. The summed E-state index contributed by atoms with van der Waals surface area (Å²) in [6.07, 6.45) is 3.18. The second-order valence-electron chi connectivity index (χ2n) is 5.60. The van der Waals surface area contributed by atoms with Gasteiger partial charge in [-0.3, -0.25) is 10.1 Å². The van der Waals surface area contributed by atoms with Crippen molar-refractivity contribution in [3.8, 4) is 0 Å². The number of hydrogen-bond donors (Lipinski definition) is 0. The van der Waals surface area contributed by atoms with E-state index in [-0.39, 0.29) is 28.7 Å². The summed E-state index contributed by atoms with van der Waals surface area (Å²) in [4.78, 5) is 10.6. The van der Waals surface area contributed by atoms with Crippen molar-refractivity contribution in [1.82, 2.24) is 0 Å². The van der Waals surface area contributed by atoms with Crippen molar-refractivity contribution in [3.63, 3.8) is 0 Å². The summed E-state index contributed by atoms with van der Waals surface area (Å²) in [7, 11) is 0. The Bertz CT molecular complexity index is 512. The zero-order valence-corrected chi connectivity index (χ0v) is 12.0. The van der Waals surface area contributed by atoms with Crippen LogP contribution in [0.25, 0.3) is 0 Å². The zero-order chi connectivity index (χ0) is 14.7. The van der Waals surface area contributed by atoms with Crippen LogP contribution < -0.4 is 0 Å². The fraction of sp³-hybridized carbons (Fsp3) is 0.500. The Morgan fingerprint density at radius 3 is 2.85 bits per heavy atom. The number of ether oxygens (including phenoxy) is 1. The molecule has 1 saturated heterocycles. The van der Waals surface area contributed by atoms with Gasteiger partial charge in [-0.1, -0.05) is 30.7 Å². The fourth-order valence-electron chi connectivity index (χ4n) is 2.82. The van der Waals surface area contributed by atoms with E-state index in [1.54, 1.807) is 12.1 Å². The molecule has 0 aromatic heterocycles. The van der Waals surface area contributed by atoms with Crippen LogP contribution in [0.1, 0.15) is 44.8 Å². The molecule has 2 rings (SSSR count). The van der Waals surface area contributed by atoms with E-state index >= 15 is 0 Å². The SMILES string of the molecule is C=C(C)[C@@H]1CCC[C@H](C)O[C@@H]1c1cccc([N+](=O)[O-])c1. The Hall–Kier alpha value is -1.68. The smallest absolute Gasteiger partial charge is 0.269 e. The van der Waals surface area contributed by atoms with Crippen molar-refractivity contribution in [2.75, 3.05) is 0 Å². The molecule has 0 unspecified atom stereocenters. The third-order valence-corrected chi connectivity index (χ3v) is 3.91. The monoisotopic (exact) mass is 275 g/mol. The van der Waals surface area contributed by atoms with Gasteiger partial charge in [0.25, 0.3) is 5.69 Å². The van der Waals surface area contributed by atoms with Gasteiger partial charge in [0.1, 0.15) is 0 Å². The van der Waals surface area contributed by atoms with Gasteiger partial charge in [0.05, 0.1) is 17.1 Å². The summed E-state index contributed by atoms with van der Waals surface area (Å²) in [5.74, 6) is 0.224. The molecule has 0 aliphatic carbocycles. The molecule has 4 heteroatoms. The van der Waals surface area contributed by atoms with Crippen molar-refractivity contribution in [1.29, 1.82) is 0 Å². The van der Waals surface area contributed by atoms with Crippen LogP contribution in [0, 0.1) is 16.0 Å². The Labute approximate surface area is 119 Å². The van der Waals surface area contributed by atoms with Crippen molar-refractivity contribution in [2.24, 2.45) is 5.92 Å². The van der Waals surface area contributed by atoms with Crippen molar-refractivity contribution in [3.05, 3.63) is 52.1 Å². The molecule has 0 radical (unpaired) electrons. The third-order valence-electron chi connectivity index (χ3n) is 3.91. The highest BCUT2D eigenvalue weighted by Crippen LogP contribution is 2.39. The molecule has 1 aliphatic rings. The molecular formula is C16H21NO3. The minimum absolute atomic E-state index is 0.114. The van der Waals surface area contributed by atoms with E-state index in [9.17, 15) is 10.1 Å². The molecule has 1 aromatic carbocycles. The van der Waals surface area contributed by atoms with Crippen molar-refractivity contribution < 1.29 is 9.66 Å². The zero-order valence-electron chi connectivity index (χ0n) is 12.0. The second-order valence-corrected chi connectivity index (χ2v) is 5.60. The number of benzene rings is 1. The number of hydrogen-bond acceptors (Lipinski definition) is 3. The van der Waals surface area contributed by atoms with Gasteiger partial charge in [-0.2, -0.15) is 0 Å². The summed E-state index contributed by atoms with van der Waals surface area (Å²) in [6, 6.07) is 6.77. The number of nitro groups is 1. The summed E-state index contributed by atoms with van der Waals surface area (Å²) >= 11 is 0. The first-order valence-corrected chi connectivity index (χ1v) is 7.04. The Morgan fingerprint density at radius 2 is 2.20 bits per heavy atom. The first-order chi connectivity index (χ1) is 9.49. The summed E-state index contributed by atoms with van der Waals surface area (Å²) in [5, 5.41) is 10.9. The maximum absolute atomic E-state index is 10.9. The van der Waals surface area contributed by atoms with Crippen LogP contribution in [0.4, 0.5) is 5.69 Å². The van der Waals surface area contributed by atoms with Gasteiger partial charge in [0.2, 0.25) is 0 Å². The Kier molecular flexibility index (Phi) is 4.55. The van der Waals surface area contributed by atoms with E-state index < -0.39 is 0 Å². The average molecular weight is 275 g/mol. The minimum atomic E-state index is -0.362. The van der Waals surface area contributed by atoms with E-state index in [0.29, 0.717) is 0 Å². The minimum Gasteiger partial charge on any atom is -0.370 e. The third kappa shape index (κ3) is 3.25. The molecule has 0 N–H and O–H groups in total. The molecule has 0 amide bonds. The molecule has 1 aromatic rings. The lowest BCUT2D eigenvalue weighted by Gasteiger charge is -2.27. The Balaban J connectivity index is 2.36. The number of non-ortho nitro benzene ring substituents is 1. The van der Waals surface area contributed by atoms with Gasteiger partial charge in [0.15, 0.2) is 0 Å². The molecule has 3 atom stereocenters. The van der Waals surface area contributed by atoms with Gasteiger partial charge >= 0.3 is 0 Å². The fourth-order valence-corrected chi connectivity index (χ4v) is 2.82. The molecule has 4 nitrogen and oxygen atoms in total. The molecule has 20 heavy (non-hydrogen) atoms. The summed E-state index contributed by atoms with van der Waals surface area (Å²) < 4.78 is 6.12. The topological polar surface area (TPSA) is 52.4 Å². The van der Waals surface area contributed by atoms with E-state index in [1.807, 2.05) is 13.0 Å². The first kappa shape index (κ1) is 14.7. The lowest BCUT2D eigenvalue weighted by molar-refractivity contribution is -0.385. The first-order valence-electron chi connectivity index (χ1n) is 7.04. The molecule has 0 bridgehead atoms. The van der Waals surface area contributed by atoms with E-state index in [1.165, 1.54) is 6.07 Å². The Morgan fingerprint density at radius 1 is 1.45 bits per heavy atom. The molecule has 1 aliphatic heterocycles. The van der Waals surface area contributed by atoms with Gasteiger partial charge < -0.3 is 4.74 Å². The lowest BCUT2D eigenvalue weighted by Crippen LogP contribution is -2.18. The predicted octanol–water partition coefficient (Wildman–Crippen LogP) is 4.42. The highest BCUT2D eigenvalue weighted by atomic mass is 16.6. The van der Waals surface area contributed by atoms with Crippen LogP contribution in [-0.2, 0) is 4.74 Å². The molecule has 1 heterocycles. The van der Waals surface area contributed by atoms with Crippen LogP contribution in [0.5, 0.6) is 0 Å². The molecule has 108 valence electrons.